The number of rotatable bonds is 3. The van der Waals surface area contributed by atoms with E-state index in [9.17, 15) is 10.0 Å². The predicted molar refractivity (Wildman–Crippen MR) is 85.2 cm³/mol. The Morgan fingerprint density at radius 3 is 2.57 bits per heavy atom. The van der Waals surface area contributed by atoms with Crippen LogP contribution in [-0.4, -0.2) is 31.9 Å². The van der Waals surface area contributed by atoms with Gasteiger partial charge < -0.3 is 5.11 Å². The summed E-state index contributed by atoms with van der Waals surface area (Å²) in [6.45, 7) is 0. The number of amidine groups is 1. The molecule has 1 heterocycles. The number of benzene rings is 2. The Balaban J connectivity index is 2.17. The largest absolute Gasteiger partial charge is 0.478 e. The van der Waals surface area contributed by atoms with Gasteiger partial charge in [0.05, 0.1) is 11.1 Å². The fourth-order valence-corrected chi connectivity index (χ4v) is 2.32. The molecule has 7 nitrogen and oxygen atoms in total. The van der Waals surface area contributed by atoms with Gasteiger partial charge in [0.2, 0.25) is 0 Å². The molecular weight excluding hydrogens is 296 g/mol. The van der Waals surface area contributed by atoms with Crippen molar-refractivity contribution in [2.24, 2.45) is 12.0 Å². The number of hydrogen-bond donors (Lipinski definition) is 3. The zero-order valence-corrected chi connectivity index (χ0v) is 12.3. The van der Waals surface area contributed by atoms with Gasteiger partial charge in [0.25, 0.3) is 0 Å². The van der Waals surface area contributed by atoms with E-state index in [0.29, 0.717) is 16.8 Å². The van der Waals surface area contributed by atoms with Crippen LogP contribution in [0.2, 0.25) is 0 Å². The number of nitrogens with zero attached hydrogens (tertiary/aromatic N) is 3. The van der Waals surface area contributed by atoms with Crippen molar-refractivity contribution >= 4 is 28.5 Å². The van der Waals surface area contributed by atoms with Crippen LogP contribution in [0.3, 0.4) is 0 Å². The molecule has 23 heavy (non-hydrogen) atoms. The number of hydrogen-bond acceptors (Lipinski definition) is 4. The minimum Gasteiger partial charge on any atom is -0.478 e. The maximum Gasteiger partial charge on any atom is 0.335 e. The highest BCUT2D eigenvalue weighted by atomic mass is 16.5. The van der Waals surface area contributed by atoms with E-state index in [1.807, 2.05) is 18.2 Å². The third kappa shape index (κ3) is 2.77. The first kappa shape index (κ1) is 14.7. The molecule has 0 fully saturated rings. The van der Waals surface area contributed by atoms with Crippen molar-refractivity contribution in [1.82, 2.24) is 15.3 Å². The Hall–Kier alpha value is -3.19. The normalized spacial score (nSPS) is 11.7. The zero-order valence-electron chi connectivity index (χ0n) is 12.3. The lowest BCUT2D eigenvalue weighted by Gasteiger charge is -2.03. The van der Waals surface area contributed by atoms with E-state index in [0.717, 1.165) is 5.52 Å². The molecule has 7 heteroatoms. The molecule has 0 amide bonds. The molecule has 3 N–H and O–H groups in total. The second-order valence-electron chi connectivity index (χ2n) is 4.92. The summed E-state index contributed by atoms with van der Waals surface area (Å²) in [5, 5.41) is 23.4. The van der Waals surface area contributed by atoms with Crippen molar-refractivity contribution in [3.63, 3.8) is 0 Å². The highest BCUT2D eigenvalue weighted by Crippen LogP contribution is 2.26. The third-order valence-corrected chi connectivity index (χ3v) is 3.45. The van der Waals surface area contributed by atoms with E-state index in [1.165, 1.54) is 12.1 Å². The molecule has 3 rings (SSSR count). The average Bonchev–Trinajstić information content (AvgIpc) is 2.89. The number of aliphatic imine (C=N–C) groups is 1. The molecule has 3 aromatic rings. The second kappa shape index (κ2) is 5.90. The van der Waals surface area contributed by atoms with Gasteiger partial charge in [-0.3, -0.25) is 15.4 Å². The van der Waals surface area contributed by atoms with Crippen molar-refractivity contribution < 1.29 is 15.1 Å². The second-order valence-corrected chi connectivity index (χ2v) is 4.92. The number of aryl methyl sites for hydroxylation is 1. The predicted octanol–water partition coefficient (Wildman–Crippen LogP) is 2.33. The van der Waals surface area contributed by atoms with Gasteiger partial charge in [-0.25, -0.2) is 9.79 Å². The Labute approximate surface area is 131 Å². The number of fused-ring (bicyclic) bond motifs is 1. The van der Waals surface area contributed by atoms with E-state index < -0.39 is 5.97 Å². The van der Waals surface area contributed by atoms with Crippen molar-refractivity contribution in [2.45, 2.75) is 0 Å². The fourth-order valence-electron chi connectivity index (χ4n) is 2.32. The smallest absolute Gasteiger partial charge is 0.335 e. The molecule has 0 spiro atoms. The maximum atomic E-state index is 11.1. The molecule has 0 saturated carbocycles. The molecular formula is C16H14N4O3. The van der Waals surface area contributed by atoms with Gasteiger partial charge in [0.1, 0.15) is 0 Å². The lowest BCUT2D eigenvalue weighted by Crippen LogP contribution is -2.19. The summed E-state index contributed by atoms with van der Waals surface area (Å²) in [6, 6.07) is 13.8. The molecule has 0 radical (unpaired) electrons. The van der Waals surface area contributed by atoms with Crippen LogP contribution in [0.25, 0.3) is 10.9 Å². The highest BCUT2D eigenvalue weighted by molar-refractivity contribution is 6.03. The minimum absolute atomic E-state index is 0.153. The van der Waals surface area contributed by atoms with Gasteiger partial charge in [0.15, 0.2) is 11.7 Å². The Kier molecular flexibility index (Phi) is 3.78. The van der Waals surface area contributed by atoms with Crippen LogP contribution in [0.5, 0.6) is 0 Å². The number of aromatic nitrogens is 2. The van der Waals surface area contributed by atoms with Crippen molar-refractivity contribution in [3.8, 4) is 0 Å². The van der Waals surface area contributed by atoms with Crippen molar-refractivity contribution in [2.75, 3.05) is 0 Å². The van der Waals surface area contributed by atoms with Crippen LogP contribution in [0.1, 0.15) is 15.9 Å². The van der Waals surface area contributed by atoms with Crippen LogP contribution in [0.4, 0.5) is 5.82 Å². The van der Waals surface area contributed by atoms with Crippen molar-refractivity contribution in [3.05, 3.63) is 59.7 Å². The molecule has 1 aromatic heterocycles. The molecule has 0 unspecified atom stereocenters. The summed E-state index contributed by atoms with van der Waals surface area (Å²) in [5.74, 6) is -0.466. The van der Waals surface area contributed by atoms with E-state index >= 15 is 0 Å². The van der Waals surface area contributed by atoms with E-state index in [1.54, 1.807) is 29.9 Å². The van der Waals surface area contributed by atoms with Gasteiger partial charge in [0, 0.05) is 18.0 Å². The molecule has 116 valence electrons. The molecule has 0 aliphatic carbocycles. The third-order valence-electron chi connectivity index (χ3n) is 3.45. The van der Waals surface area contributed by atoms with Crippen LogP contribution in [0, 0.1) is 0 Å². The van der Waals surface area contributed by atoms with Gasteiger partial charge in [-0.2, -0.15) is 5.10 Å². The lowest BCUT2D eigenvalue weighted by atomic mass is 10.1. The van der Waals surface area contributed by atoms with Crippen LogP contribution in [0.15, 0.2) is 53.5 Å². The summed E-state index contributed by atoms with van der Waals surface area (Å²) in [6.07, 6.45) is 0. The molecule has 0 atom stereocenters. The van der Waals surface area contributed by atoms with Crippen LogP contribution < -0.4 is 5.48 Å². The molecule has 0 aliphatic heterocycles. The zero-order chi connectivity index (χ0) is 16.4. The summed E-state index contributed by atoms with van der Waals surface area (Å²) >= 11 is 0. The van der Waals surface area contributed by atoms with E-state index in [-0.39, 0.29) is 11.4 Å². The number of carboxylic acid groups (broad SMARTS) is 1. The molecule has 0 saturated heterocycles. The first-order valence-corrected chi connectivity index (χ1v) is 6.84. The summed E-state index contributed by atoms with van der Waals surface area (Å²) < 4.78 is 1.61. The monoisotopic (exact) mass is 310 g/mol. The standard InChI is InChI=1S/C16H14N4O3/c1-20-13-8-7-11(16(21)22)9-12(13)15(18-20)17-14(19-23)10-5-3-2-4-6-10/h2-9,23H,1H3,(H,21,22)(H,17,18,19). The number of carbonyl (C=O) groups is 1. The van der Waals surface area contributed by atoms with E-state index in [4.69, 9.17) is 5.11 Å². The summed E-state index contributed by atoms with van der Waals surface area (Å²) in [7, 11) is 1.75. The van der Waals surface area contributed by atoms with Gasteiger partial charge in [-0.05, 0) is 18.2 Å². The molecule has 2 aromatic carbocycles. The van der Waals surface area contributed by atoms with Gasteiger partial charge in [-0.15, -0.1) is 0 Å². The fraction of sp³-hybridized carbons (Fsp3) is 0.0625. The number of nitrogens with one attached hydrogen (secondary N) is 1. The Morgan fingerprint density at radius 1 is 1.17 bits per heavy atom. The average molecular weight is 310 g/mol. The Morgan fingerprint density at radius 2 is 1.91 bits per heavy atom. The lowest BCUT2D eigenvalue weighted by molar-refractivity contribution is 0.0697. The summed E-state index contributed by atoms with van der Waals surface area (Å²) in [5.41, 5.74) is 3.65. The first-order chi connectivity index (χ1) is 11.1. The van der Waals surface area contributed by atoms with Crippen LogP contribution >= 0.6 is 0 Å². The quantitative estimate of drug-likeness (QED) is 0.392. The first-order valence-electron chi connectivity index (χ1n) is 6.84. The highest BCUT2D eigenvalue weighted by Gasteiger charge is 2.13. The molecule has 0 aliphatic rings. The summed E-state index contributed by atoms with van der Waals surface area (Å²) in [4.78, 5) is 15.5. The van der Waals surface area contributed by atoms with Crippen LogP contribution in [-0.2, 0) is 7.05 Å². The van der Waals surface area contributed by atoms with Crippen molar-refractivity contribution in [1.29, 1.82) is 0 Å². The van der Waals surface area contributed by atoms with Gasteiger partial charge >= 0.3 is 5.97 Å². The number of aromatic carboxylic acids is 1. The molecule has 0 bridgehead atoms. The number of carboxylic acids is 1. The SMILES string of the molecule is Cn1nc(N=C(NO)c2ccccc2)c2cc(C(=O)O)ccc21. The maximum absolute atomic E-state index is 11.1. The number of hydroxylamine groups is 1. The Bertz CT molecular complexity index is 900. The van der Waals surface area contributed by atoms with Gasteiger partial charge in [-0.1, -0.05) is 30.3 Å². The topological polar surface area (TPSA) is 99.7 Å². The van der Waals surface area contributed by atoms with E-state index in [2.05, 4.69) is 15.6 Å². The minimum atomic E-state index is -1.02.